The maximum atomic E-state index is 10.8. The van der Waals surface area contributed by atoms with Gasteiger partial charge in [0.2, 0.25) is 5.95 Å². The molecule has 8 nitrogen and oxygen atoms in total. The van der Waals surface area contributed by atoms with E-state index < -0.39 is 5.97 Å². The van der Waals surface area contributed by atoms with Crippen molar-refractivity contribution >= 4 is 17.6 Å². The fourth-order valence-electron chi connectivity index (χ4n) is 3.35. The first-order chi connectivity index (χ1) is 13.0. The molecule has 0 amide bonds. The molecule has 27 heavy (non-hydrogen) atoms. The van der Waals surface area contributed by atoms with Gasteiger partial charge in [-0.05, 0) is 25.0 Å². The van der Waals surface area contributed by atoms with Crippen LogP contribution in [0.4, 0.5) is 11.6 Å². The standard InChI is InChI=1S/C19H26N6O2/c1-15-10-20-5-4-17(15)25-7-3-6-24(8-9-25)13-16-11-21-19(22-12-16)23(2)14-18(26)27/h4-5,10-12H,3,6-9,13-14H2,1-2H3,(H,26,27). The Hall–Kier alpha value is -2.74. The summed E-state index contributed by atoms with van der Waals surface area (Å²) in [6.07, 6.45) is 8.44. The zero-order valence-corrected chi connectivity index (χ0v) is 15.9. The summed E-state index contributed by atoms with van der Waals surface area (Å²) < 4.78 is 0. The molecule has 1 fully saturated rings. The average molecular weight is 370 g/mol. The van der Waals surface area contributed by atoms with Crippen LogP contribution in [0.2, 0.25) is 0 Å². The van der Waals surface area contributed by atoms with Crippen LogP contribution in [0.1, 0.15) is 17.5 Å². The van der Waals surface area contributed by atoms with Crippen LogP contribution in [-0.2, 0) is 11.3 Å². The third-order valence-electron chi connectivity index (χ3n) is 4.73. The zero-order valence-electron chi connectivity index (χ0n) is 15.9. The van der Waals surface area contributed by atoms with Crippen molar-refractivity contribution in [1.29, 1.82) is 0 Å². The molecule has 0 aromatic carbocycles. The van der Waals surface area contributed by atoms with Crippen molar-refractivity contribution in [3.8, 4) is 0 Å². The molecule has 0 radical (unpaired) electrons. The second-order valence-corrected chi connectivity index (χ2v) is 6.92. The second-order valence-electron chi connectivity index (χ2n) is 6.92. The summed E-state index contributed by atoms with van der Waals surface area (Å²) in [5, 5.41) is 8.85. The summed E-state index contributed by atoms with van der Waals surface area (Å²) >= 11 is 0. The van der Waals surface area contributed by atoms with Gasteiger partial charge in [-0.25, -0.2) is 9.97 Å². The van der Waals surface area contributed by atoms with Crippen molar-refractivity contribution < 1.29 is 9.90 Å². The molecular formula is C19H26N6O2. The van der Waals surface area contributed by atoms with Gasteiger partial charge in [0, 0.05) is 75.8 Å². The van der Waals surface area contributed by atoms with Crippen molar-refractivity contribution in [3.05, 3.63) is 42.0 Å². The highest BCUT2D eigenvalue weighted by molar-refractivity contribution is 5.72. The lowest BCUT2D eigenvalue weighted by atomic mass is 10.2. The third-order valence-corrected chi connectivity index (χ3v) is 4.73. The largest absolute Gasteiger partial charge is 0.480 e. The van der Waals surface area contributed by atoms with Crippen LogP contribution in [0.3, 0.4) is 0 Å². The smallest absolute Gasteiger partial charge is 0.323 e. The molecule has 3 heterocycles. The molecule has 1 saturated heterocycles. The molecule has 0 aliphatic carbocycles. The van der Waals surface area contributed by atoms with Crippen LogP contribution in [0.25, 0.3) is 0 Å². The molecule has 3 rings (SSSR count). The van der Waals surface area contributed by atoms with E-state index in [0.29, 0.717) is 5.95 Å². The molecule has 0 bridgehead atoms. The summed E-state index contributed by atoms with van der Waals surface area (Å²) in [6.45, 7) is 6.80. The van der Waals surface area contributed by atoms with Gasteiger partial charge >= 0.3 is 5.97 Å². The van der Waals surface area contributed by atoms with Gasteiger partial charge in [0.1, 0.15) is 6.54 Å². The van der Waals surface area contributed by atoms with Gasteiger partial charge in [0.15, 0.2) is 0 Å². The number of carbonyl (C=O) groups is 1. The van der Waals surface area contributed by atoms with E-state index in [9.17, 15) is 4.79 Å². The Morgan fingerprint density at radius 2 is 1.96 bits per heavy atom. The SMILES string of the molecule is Cc1cnccc1N1CCCN(Cc2cnc(N(C)CC(=O)O)nc2)CC1. The first kappa shape index (κ1) is 19.0. The molecule has 2 aromatic heterocycles. The van der Waals surface area contributed by atoms with Crippen LogP contribution in [0.15, 0.2) is 30.9 Å². The van der Waals surface area contributed by atoms with Gasteiger partial charge in [-0.15, -0.1) is 0 Å². The minimum absolute atomic E-state index is 0.115. The van der Waals surface area contributed by atoms with Gasteiger partial charge in [0.05, 0.1) is 0 Å². The lowest BCUT2D eigenvalue weighted by molar-refractivity contribution is -0.135. The van der Waals surface area contributed by atoms with Crippen LogP contribution in [-0.4, -0.2) is 70.7 Å². The van der Waals surface area contributed by atoms with E-state index in [1.54, 1.807) is 19.4 Å². The Kier molecular flexibility index (Phi) is 6.18. The Labute approximate surface area is 159 Å². The normalized spacial score (nSPS) is 15.4. The minimum atomic E-state index is -0.899. The van der Waals surface area contributed by atoms with E-state index in [0.717, 1.165) is 44.7 Å². The van der Waals surface area contributed by atoms with E-state index in [2.05, 4.69) is 37.7 Å². The first-order valence-electron chi connectivity index (χ1n) is 9.14. The second kappa shape index (κ2) is 8.77. The highest BCUT2D eigenvalue weighted by Gasteiger charge is 2.17. The number of anilines is 2. The quantitative estimate of drug-likeness (QED) is 0.817. The molecule has 0 unspecified atom stereocenters. The topological polar surface area (TPSA) is 85.7 Å². The van der Waals surface area contributed by atoms with Crippen molar-refractivity contribution in [1.82, 2.24) is 19.9 Å². The average Bonchev–Trinajstić information content (AvgIpc) is 2.88. The molecule has 1 aliphatic rings. The maximum absolute atomic E-state index is 10.8. The van der Waals surface area contributed by atoms with Crippen LogP contribution in [0.5, 0.6) is 0 Å². The summed E-state index contributed by atoms with van der Waals surface area (Å²) in [7, 11) is 1.67. The molecule has 8 heteroatoms. The first-order valence-corrected chi connectivity index (χ1v) is 9.14. The fraction of sp³-hybridized carbons (Fsp3) is 0.474. The highest BCUT2D eigenvalue weighted by Crippen LogP contribution is 2.20. The molecule has 0 spiro atoms. The van der Waals surface area contributed by atoms with E-state index in [1.807, 2.05) is 12.4 Å². The minimum Gasteiger partial charge on any atom is -0.480 e. The van der Waals surface area contributed by atoms with Crippen molar-refractivity contribution in [2.24, 2.45) is 0 Å². The molecule has 0 atom stereocenters. The number of aliphatic carboxylic acids is 1. The molecule has 1 N–H and O–H groups in total. The molecule has 2 aromatic rings. The van der Waals surface area contributed by atoms with Crippen molar-refractivity contribution in [3.63, 3.8) is 0 Å². The van der Waals surface area contributed by atoms with E-state index in [4.69, 9.17) is 5.11 Å². The number of aryl methyl sites for hydroxylation is 1. The van der Waals surface area contributed by atoms with E-state index >= 15 is 0 Å². The number of carboxylic acid groups (broad SMARTS) is 1. The van der Waals surface area contributed by atoms with Crippen LogP contribution < -0.4 is 9.80 Å². The van der Waals surface area contributed by atoms with Gasteiger partial charge in [-0.1, -0.05) is 0 Å². The number of carboxylic acids is 1. The number of pyridine rings is 1. The summed E-state index contributed by atoms with van der Waals surface area (Å²) in [6, 6.07) is 2.09. The highest BCUT2D eigenvalue weighted by atomic mass is 16.4. The van der Waals surface area contributed by atoms with Gasteiger partial charge in [-0.3, -0.25) is 14.7 Å². The van der Waals surface area contributed by atoms with E-state index in [-0.39, 0.29) is 6.54 Å². The molecule has 1 aliphatic heterocycles. The number of hydrogen-bond donors (Lipinski definition) is 1. The lowest BCUT2D eigenvalue weighted by Gasteiger charge is -2.25. The van der Waals surface area contributed by atoms with Gasteiger partial charge in [-0.2, -0.15) is 0 Å². The predicted octanol–water partition coefficient (Wildman–Crippen LogP) is 1.41. The third kappa shape index (κ3) is 5.13. The number of likely N-dealkylation sites (N-methyl/N-ethyl adjacent to an activating group) is 1. The Morgan fingerprint density at radius 1 is 1.19 bits per heavy atom. The molecular weight excluding hydrogens is 344 g/mol. The molecule has 144 valence electrons. The summed E-state index contributed by atoms with van der Waals surface area (Å²) in [5.41, 5.74) is 3.51. The monoisotopic (exact) mass is 370 g/mol. The van der Waals surface area contributed by atoms with E-state index in [1.165, 1.54) is 16.2 Å². The number of aromatic nitrogens is 3. The van der Waals surface area contributed by atoms with Crippen LogP contribution in [0, 0.1) is 6.92 Å². The predicted molar refractivity (Wildman–Crippen MR) is 104 cm³/mol. The number of hydrogen-bond acceptors (Lipinski definition) is 7. The van der Waals surface area contributed by atoms with Gasteiger partial charge < -0.3 is 14.9 Å². The number of rotatable bonds is 6. The Balaban J connectivity index is 1.57. The Morgan fingerprint density at radius 3 is 2.67 bits per heavy atom. The number of nitrogens with zero attached hydrogens (tertiary/aromatic N) is 6. The summed E-state index contributed by atoms with van der Waals surface area (Å²) in [4.78, 5) is 29.9. The zero-order chi connectivity index (χ0) is 19.2. The fourth-order valence-corrected chi connectivity index (χ4v) is 3.35. The Bertz CT molecular complexity index is 767. The molecule has 0 saturated carbocycles. The van der Waals surface area contributed by atoms with Crippen molar-refractivity contribution in [2.75, 3.05) is 49.6 Å². The van der Waals surface area contributed by atoms with Crippen molar-refractivity contribution in [2.45, 2.75) is 19.9 Å². The maximum Gasteiger partial charge on any atom is 0.323 e. The lowest BCUT2D eigenvalue weighted by Crippen LogP contribution is -2.31. The summed E-state index contributed by atoms with van der Waals surface area (Å²) in [5.74, 6) is -0.472. The van der Waals surface area contributed by atoms with Crippen LogP contribution >= 0.6 is 0 Å². The van der Waals surface area contributed by atoms with Gasteiger partial charge in [0.25, 0.3) is 0 Å².